The molecule has 0 radical (unpaired) electrons. The number of ether oxygens (including phenoxy) is 3. The van der Waals surface area contributed by atoms with Crippen LogP contribution < -0.4 is 24.4 Å². The number of carbonyl (C=O) groups is 2. The van der Waals surface area contributed by atoms with Crippen molar-refractivity contribution in [3.8, 4) is 11.5 Å². The average Bonchev–Trinajstić information content (AvgIpc) is 3.34. The zero-order chi connectivity index (χ0) is 24.7. The lowest BCUT2D eigenvalue weighted by Gasteiger charge is -2.23. The van der Waals surface area contributed by atoms with Crippen LogP contribution in [0.5, 0.6) is 11.5 Å². The predicted molar refractivity (Wildman–Crippen MR) is 128 cm³/mol. The summed E-state index contributed by atoms with van der Waals surface area (Å²) in [6, 6.07) is 11.1. The van der Waals surface area contributed by atoms with Gasteiger partial charge >= 0.3 is 0 Å². The van der Waals surface area contributed by atoms with Gasteiger partial charge < -0.3 is 24.8 Å². The molecule has 2 amide bonds. The van der Waals surface area contributed by atoms with Gasteiger partial charge in [0.05, 0.1) is 43.5 Å². The van der Waals surface area contributed by atoms with Gasteiger partial charge in [0.25, 0.3) is 5.91 Å². The molecule has 184 valence electrons. The van der Waals surface area contributed by atoms with Crippen molar-refractivity contribution in [2.75, 3.05) is 49.8 Å². The molecule has 2 aromatic rings. The van der Waals surface area contributed by atoms with Crippen LogP contribution in [0.25, 0.3) is 0 Å². The molecule has 2 aromatic carbocycles. The molecule has 1 saturated heterocycles. The van der Waals surface area contributed by atoms with Gasteiger partial charge in [0, 0.05) is 19.2 Å². The number of hydrogen-bond acceptors (Lipinski definition) is 7. The maximum Gasteiger partial charge on any atom is 0.253 e. The molecule has 1 aliphatic rings. The van der Waals surface area contributed by atoms with E-state index in [1.165, 1.54) is 26.4 Å². The van der Waals surface area contributed by atoms with E-state index in [0.717, 1.165) is 23.4 Å². The lowest BCUT2D eigenvalue weighted by molar-refractivity contribution is -0.114. The summed E-state index contributed by atoms with van der Waals surface area (Å²) in [7, 11) is -0.915. The van der Waals surface area contributed by atoms with Crippen molar-refractivity contribution < 1.29 is 32.2 Å². The van der Waals surface area contributed by atoms with Crippen LogP contribution in [0.15, 0.2) is 42.5 Å². The molecule has 0 aromatic heterocycles. The second-order valence-corrected chi connectivity index (χ2v) is 9.65. The fourth-order valence-corrected chi connectivity index (χ4v) is 4.45. The number of nitrogens with zero attached hydrogens (tertiary/aromatic N) is 1. The van der Waals surface area contributed by atoms with Crippen LogP contribution in [-0.2, 0) is 19.6 Å². The molecule has 0 aliphatic carbocycles. The van der Waals surface area contributed by atoms with Gasteiger partial charge in [0.15, 0.2) is 11.5 Å². The van der Waals surface area contributed by atoms with Gasteiger partial charge in [-0.25, -0.2) is 8.42 Å². The van der Waals surface area contributed by atoms with Gasteiger partial charge in [-0.1, -0.05) is 12.1 Å². The molecule has 0 spiro atoms. The second kappa shape index (κ2) is 11.2. The van der Waals surface area contributed by atoms with Crippen LogP contribution in [0.1, 0.15) is 23.2 Å². The Kier molecular flexibility index (Phi) is 8.35. The van der Waals surface area contributed by atoms with Crippen LogP contribution in [-0.4, -0.2) is 66.5 Å². The van der Waals surface area contributed by atoms with Gasteiger partial charge in [-0.2, -0.15) is 0 Å². The Morgan fingerprint density at radius 1 is 1.12 bits per heavy atom. The molecule has 0 saturated carbocycles. The fourth-order valence-electron chi connectivity index (χ4n) is 3.60. The number of hydrogen-bond donors (Lipinski definition) is 2. The molecule has 1 atom stereocenters. The van der Waals surface area contributed by atoms with Crippen LogP contribution in [0.2, 0.25) is 0 Å². The van der Waals surface area contributed by atoms with Crippen LogP contribution in [0.3, 0.4) is 0 Å². The minimum atomic E-state index is -3.81. The monoisotopic (exact) mass is 491 g/mol. The lowest BCUT2D eigenvalue weighted by atomic mass is 10.1. The number of rotatable bonds is 10. The first-order chi connectivity index (χ1) is 16.2. The van der Waals surface area contributed by atoms with Gasteiger partial charge in [0.1, 0.15) is 6.54 Å². The van der Waals surface area contributed by atoms with E-state index in [1.54, 1.807) is 30.3 Å². The minimum absolute atomic E-state index is 0.0180. The van der Waals surface area contributed by atoms with E-state index in [-0.39, 0.29) is 28.9 Å². The Balaban J connectivity index is 1.75. The summed E-state index contributed by atoms with van der Waals surface area (Å²) < 4.78 is 41.8. The Bertz CT molecular complexity index is 1130. The highest BCUT2D eigenvalue weighted by molar-refractivity contribution is 7.92. The van der Waals surface area contributed by atoms with E-state index in [2.05, 4.69) is 10.6 Å². The summed E-state index contributed by atoms with van der Waals surface area (Å²) in [4.78, 5) is 25.5. The first-order valence-electron chi connectivity index (χ1n) is 10.7. The number of carbonyl (C=O) groups excluding carboxylic acids is 2. The molecule has 1 aliphatic heterocycles. The molecule has 11 heteroatoms. The topological polar surface area (TPSA) is 123 Å². The van der Waals surface area contributed by atoms with Gasteiger partial charge in [0.2, 0.25) is 15.9 Å². The minimum Gasteiger partial charge on any atom is -0.493 e. The summed E-state index contributed by atoms with van der Waals surface area (Å²) in [5.74, 6) is -0.222. The van der Waals surface area contributed by atoms with E-state index in [9.17, 15) is 18.0 Å². The summed E-state index contributed by atoms with van der Waals surface area (Å²) in [6.45, 7) is 0.562. The number of methoxy groups -OCH3 is 2. The van der Waals surface area contributed by atoms with E-state index < -0.39 is 22.5 Å². The van der Waals surface area contributed by atoms with E-state index in [4.69, 9.17) is 14.2 Å². The summed E-state index contributed by atoms with van der Waals surface area (Å²) in [5, 5.41) is 5.47. The van der Waals surface area contributed by atoms with Crippen molar-refractivity contribution in [1.29, 1.82) is 0 Å². The SMILES string of the molecule is COc1ccc(N(CC(=O)Nc2ccccc2C(=O)NC[C@@H]2CCCO2)S(C)(=O)=O)cc1OC. The third kappa shape index (κ3) is 6.39. The first kappa shape index (κ1) is 25.3. The largest absolute Gasteiger partial charge is 0.493 e. The van der Waals surface area contributed by atoms with Crippen molar-refractivity contribution in [3.63, 3.8) is 0 Å². The zero-order valence-electron chi connectivity index (χ0n) is 19.4. The van der Waals surface area contributed by atoms with Crippen molar-refractivity contribution in [3.05, 3.63) is 48.0 Å². The number of sulfonamides is 1. The normalized spacial score (nSPS) is 15.4. The van der Waals surface area contributed by atoms with Crippen LogP contribution in [0.4, 0.5) is 11.4 Å². The van der Waals surface area contributed by atoms with Crippen molar-refractivity contribution in [2.45, 2.75) is 18.9 Å². The molecule has 2 N–H and O–H groups in total. The molecular weight excluding hydrogens is 462 g/mol. The maximum atomic E-state index is 12.8. The summed E-state index contributed by atoms with van der Waals surface area (Å²) in [6.07, 6.45) is 2.83. The zero-order valence-corrected chi connectivity index (χ0v) is 20.2. The summed E-state index contributed by atoms with van der Waals surface area (Å²) in [5.41, 5.74) is 0.780. The smallest absolute Gasteiger partial charge is 0.253 e. The third-order valence-electron chi connectivity index (χ3n) is 5.30. The Hall–Kier alpha value is -3.31. The molecule has 10 nitrogen and oxygen atoms in total. The summed E-state index contributed by atoms with van der Waals surface area (Å²) >= 11 is 0. The van der Waals surface area contributed by atoms with E-state index in [0.29, 0.717) is 24.7 Å². The number of benzene rings is 2. The van der Waals surface area contributed by atoms with Crippen LogP contribution >= 0.6 is 0 Å². The molecule has 0 bridgehead atoms. The number of nitrogens with one attached hydrogen (secondary N) is 2. The Morgan fingerprint density at radius 2 is 1.85 bits per heavy atom. The van der Waals surface area contributed by atoms with E-state index >= 15 is 0 Å². The average molecular weight is 492 g/mol. The highest BCUT2D eigenvalue weighted by Gasteiger charge is 2.24. The molecular formula is C23H29N3O7S. The highest BCUT2D eigenvalue weighted by Crippen LogP contribution is 2.32. The van der Waals surface area contributed by atoms with Crippen molar-refractivity contribution in [1.82, 2.24) is 5.32 Å². The van der Waals surface area contributed by atoms with Crippen molar-refractivity contribution in [2.24, 2.45) is 0 Å². The Labute approximate surface area is 199 Å². The van der Waals surface area contributed by atoms with Gasteiger partial charge in [-0.05, 0) is 37.1 Å². The second-order valence-electron chi connectivity index (χ2n) is 7.75. The highest BCUT2D eigenvalue weighted by atomic mass is 32.2. The fraction of sp³-hybridized carbons (Fsp3) is 0.391. The maximum absolute atomic E-state index is 12.8. The predicted octanol–water partition coefficient (Wildman–Crippen LogP) is 2.02. The standard InChI is InChI=1S/C23H29N3O7S/c1-31-20-11-10-16(13-21(20)32-2)26(34(3,29)30)15-22(27)25-19-9-5-4-8-18(19)23(28)24-14-17-7-6-12-33-17/h4-5,8-11,13,17H,6-7,12,14-15H2,1-3H3,(H,24,28)(H,25,27)/t17-/m0/s1. The number of anilines is 2. The van der Waals surface area contributed by atoms with Crippen molar-refractivity contribution >= 4 is 33.2 Å². The molecule has 3 rings (SSSR count). The van der Waals surface area contributed by atoms with Crippen LogP contribution in [0, 0.1) is 0 Å². The quantitative estimate of drug-likeness (QED) is 0.521. The Morgan fingerprint density at radius 3 is 2.50 bits per heavy atom. The number of para-hydroxylation sites is 1. The van der Waals surface area contributed by atoms with Gasteiger partial charge in [-0.3, -0.25) is 13.9 Å². The van der Waals surface area contributed by atoms with E-state index in [1.807, 2.05) is 0 Å². The lowest BCUT2D eigenvalue weighted by Crippen LogP contribution is -2.38. The molecule has 0 unspecified atom stereocenters. The molecule has 1 fully saturated rings. The first-order valence-corrected chi connectivity index (χ1v) is 12.6. The molecule has 34 heavy (non-hydrogen) atoms. The van der Waals surface area contributed by atoms with Gasteiger partial charge in [-0.15, -0.1) is 0 Å². The third-order valence-corrected chi connectivity index (χ3v) is 6.44. The molecule has 1 heterocycles. The number of amides is 2.